The molecule has 0 aliphatic rings. The molecule has 1 aromatic carbocycles. The summed E-state index contributed by atoms with van der Waals surface area (Å²) in [4.78, 5) is 32.0. The summed E-state index contributed by atoms with van der Waals surface area (Å²) in [6.45, 7) is 1.16. The molecule has 7 nitrogen and oxygen atoms in total. The molecule has 10 heteroatoms. The Balaban J connectivity index is 2.96. The summed E-state index contributed by atoms with van der Waals surface area (Å²) in [6, 6.07) is 0.726. The van der Waals surface area contributed by atoms with Gasteiger partial charge in [-0.05, 0) is 22.0 Å². The summed E-state index contributed by atoms with van der Waals surface area (Å²) in [7, 11) is 0. The van der Waals surface area contributed by atoms with Gasteiger partial charge in [-0.25, -0.2) is 9.18 Å². The molecular weight excluding hydrogens is 371 g/mol. The van der Waals surface area contributed by atoms with Crippen molar-refractivity contribution in [2.75, 3.05) is 5.75 Å². The first-order chi connectivity index (χ1) is 9.72. The molecule has 1 rings (SSSR count). The number of halogens is 2. The molecule has 114 valence electrons. The number of nitrogens with zero attached hydrogens (tertiary/aromatic N) is 1. The van der Waals surface area contributed by atoms with E-state index in [4.69, 9.17) is 5.11 Å². The third kappa shape index (κ3) is 4.97. The van der Waals surface area contributed by atoms with Gasteiger partial charge in [0.1, 0.15) is 11.9 Å². The largest absolute Gasteiger partial charge is 0.480 e. The topological polar surface area (TPSA) is 110 Å². The van der Waals surface area contributed by atoms with Crippen molar-refractivity contribution in [1.82, 2.24) is 5.32 Å². The van der Waals surface area contributed by atoms with Crippen LogP contribution in [0.3, 0.4) is 0 Å². The second-order valence-electron chi connectivity index (χ2n) is 3.89. The molecule has 0 radical (unpaired) electrons. The van der Waals surface area contributed by atoms with E-state index in [0.29, 0.717) is 0 Å². The zero-order chi connectivity index (χ0) is 16.2. The molecule has 1 aromatic rings. The van der Waals surface area contributed by atoms with Gasteiger partial charge >= 0.3 is 5.97 Å². The van der Waals surface area contributed by atoms with Gasteiger partial charge in [0, 0.05) is 18.7 Å². The molecule has 0 aromatic heterocycles. The van der Waals surface area contributed by atoms with E-state index in [2.05, 4.69) is 21.2 Å². The van der Waals surface area contributed by atoms with E-state index in [0.717, 1.165) is 30.8 Å². The molecule has 2 N–H and O–H groups in total. The maximum absolute atomic E-state index is 13.4. The number of nitro groups is 1. The quantitative estimate of drug-likeness (QED) is 0.444. The standard InChI is InChI=1S/C11H10BrFN2O5S/c1-5(16)14-8(11(17)18)4-21-10-3-7(13)6(12)2-9(10)15(19)20/h2-3,8H,4H2,1H3,(H,14,16)(H,17,18). The molecule has 21 heavy (non-hydrogen) atoms. The van der Waals surface area contributed by atoms with Gasteiger partial charge in [0.05, 0.1) is 14.3 Å². The number of carbonyl (C=O) groups is 2. The van der Waals surface area contributed by atoms with Crippen molar-refractivity contribution < 1.29 is 24.0 Å². The zero-order valence-corrected chi connectivity index (χ0v) is 13.0. The van der Waals surface area contributed by atoms with Gasteiger partial charge in [-0.3, -0.25) is 14.9 Å². The number of nitrogens with one attached hydrogen (secondary N) is 1. The fraction of sp³-hybridized carbons (Fsp3) is 0.273. The third-order valence-corrected chi connectivity index (χ3v) is 4.03. The molecular formula is C11H10BrFN2O5S. The average molecular weight is 381 g/mol. The minimum absolute atomic E-state index is 0.0164. The molecule has 1 atom stereocenters. The number of carboxylic acids is 1. The first-order valence-corrected chi connectivity index (χ1v) is 7.26. The molecule has 0 fully saturated rings. The van der Waals surface area contributed by atoms with E-state index in [1.54, 1.807) is 0 Å². The Hall–Kier alpha value is -1.68. The number of amides is 1. The number of nitro benzene ring substituents is 1. The van der Waals surface area contributed by atoms with E-state index < -0.39 is 28.7 Å². The van der Waals surface area contributed by atoms with Gasteiger partial charge < -0.3 is 10.4 Å². The Morgan fingerprint density at radius 3 is 2.67 bits per heavy atom. The number of hydrogen-bond acceptors (Lipinski definition) is 5. The highest BCUT2D eigenvalue weighted by atomic mass is 79.9. The summed E-state index contributed by atoms with van der Waals surface area (Å²) in [6.07, 6.45) is 0. The summed E-state index contributed by atoms with van der Waals surface area (Å²) >= 11 is 3.62. The summed E-state index contributed by atoms with van der Waals surface area (Å²) < 4.78 is 13.4. The predicted octanol–water partition coefficient (Wildman–Crippen LogP) is 2.18. The summed E-state index contributed by atoms with van der Waals surface area (Å²) in [5.74, 6) is -2.69. The SMILES string of the molecule is CC(=O)NC(CSc1cc(F)c(Br)cc1[N+](=O)[O-])C(=O)O. The third-order valence-electron chi connectivity index (χ3n) is 2.28. The Morgan fingerprint density at radius 1 is 1.57 bits per heavy atom. The van der Waals surface area contributed by atoms with Crippen LogP contribution in [0.15, 0.2) is 21.5 Å². The van der Waals surface area contributed by atoms with Crippen LogP contribution in [0.1, 0.15) is 6.92 Å². The van der Waals surface area contributed by atoms with E-state index >= 15 is 0 Å². The molecule has 0 aliphatic heterocycles. The molecule has 1 unspecified atom stereocenters. The van der Waals surface area contributed by atoms with E-state index in [-0.39, 0.29) is 20.8 Å². The highest BCUT2D eigenvalue weighted by molar-refractivity contribution is 9.10. The van der Waals surface area contributed by atoms with E-state index in [9.17, 15) is 24.1 Å². The summed E-state index contributed by atoms with van der Waals surface area (Å²) in [5, 5.41) is 22.0. The second kappa shape index (κ2) is 7.36. The van der Waals surface area contributed by atoms with Crippen LogP contribution in [-0.4, -0.2) is 33.7 Å². The molecule has 1 amide bonds. The highest BCUT2D eigenvalue weighted by Crippen LogP contribution is 2.33. The van der Waals surface area contributed by atoms with Crippen LogP contribution < -0.4 is 5.32 Å². The fourth-order valence-electron chi connectivity index (χ4n) is 1.37. The molecule has 0 bridgehead atoms. The number of benzene rings is 1. The van der Waals surface area contributed by atoms with Gasteiger partial charge in [-0.15, -0.1) is 11.8 Å². The van der Waals surface area contributed by atoms with Crippen LogP contribution in [0, 0.1) is 15.9 Å². The van der Waals surface area contributed by atoms with Crippen LogP contribution in [0.4, 0.5) is 10.1 Å². The van der Waals surface area contributed by atoms with Crippen molar-refractivity contribution in [3.63, 3.8) is 0 Å². The lowest BCUT2D eigenvalue weighted by Gasteiger charge is -2.12. The van der Waals surface area contributed by atoms with E-state index in [1.807, 2.05) is 0 Å². The molecule has 0 heterocycles. The van der Waals surface area contributed by atoms with Gasteiger partial charge in [-0.1, -0.05) is 0 Å². The minimum Gasteiger partial charge on any atom is -0.480 e. The Bertz CT molecular complexity index is 598. The first kappa shape index (κ1) is 17.4. The van der Waals surface area contributed by atoms with Gasteiger partial charge in [0.25, 0.3) is 5.69 Å². The highest BCUT2D eigenvalue weighted by Gasteiger charge is 2.23. The predicted molar refractivity (Wildman–Crippen MR) is 76.7 cm³/mol. The number of carboxylic acid groups (broad SMARTS) is 1. The fourth-order valence-corrected chi connectivity index (χ4v) is 2.74. The lowest BCUT2D eigenvalue weighted by atomic mass is 10.3. The molecule has 0 aliphatic carbocycles. The van der Waals surface area contributed by atoms with Crippen molar-refractivity contribution in [3.05, 3.63) is 32.5 Å². The smallest absolute Gasteiger partial charge is 0.327 e. The maximum atomic E-state index is 13.4. The zero-order valence-electron chi connectivity index (χ0n) is 10.6. The van der Waals surface area contributed by atoms with Gasteiger partial charge in [0.15, 0.2) is 0 Å². The van der Waals surface area contributed by atoms with Crippen molar-refractivity contribution in [3.8, 4) is 0 Å². The van der Waals surface area contributed by atoms with Crippen molar-refractivity contribution in [2.45, 2.75) is 17.9 Å². The van der Waals surface area contributed by atoms with Crippen LogP contribution in [0.25, 0.3) is 0 Å². The molecule has 0 saturated heterocycles. The van der Waals surface area contributed by atoms with Crippen molar-refractivity contribution in [2.24, 2.45) is 0 Å². The minimum atomic E-state index is -1.28. The van der Waals surface area contributed by atoms with E-state index in [1.165, 1.54) is 0 Å². The number of thioether (sulfide) groups is 1. The Labute approximate surface area is 131 Å². The monoisotopic (exact) mass is 380 g/mol. The average Bonchev–Trinajstić information content (AvgIpc) is 2.36. The number of rotatable bonds is 6. The summed E-state index contributed by atoms with van der Waals surface area (Å²) in [5.41, 5.74) is -0.347. The van der Waals surface area contributed by atoms with Gasteiger partial charge in [-0.2, -0.15) is 0 Å². The first-order valence-electron chi connectivity index (χ1n) is 5.48. The maximum Gasteiger partial charge on any atom is 0.327 e. The lowest BCUT2D eigenvalue weighted by molar-refractivity contribution is -0.387. The normalized spacial score (nSPS) is 11.8. The Morgan fingerprint density at radius 2 is 2.19 bits per heavy atom. The number of carbonyl (C=O) groups excluding carboxylic acids is 1. The number of aliphatic carboxylic acids is 1. The molecule has 0 spiro atoms. The molecule has 0 saturated carbocycles. The van der Waals surface area contributed by atoms with Crippen molar-refractivity contribution in [1.29, 1.82) is 0 Å². The lowest BCUT2D eigenvalue weighted by Crippen LogP contribution is -2.41. The van der Waals surface area contributed by atoms with Crippen LogP contribution in [0.2, 0.25) is 0 Å². The second-order valence-corrected chi connectivity index (χ2v) is 5.81. The van der Waals surface area contributed by atoms with Crippen LogP contribution >= 0.6 is 27.7 Å². The van der Waals surface area contributed by atoms with Crippen molar-refractivity contribution >= 4 is 45.3 Å². The van der Waals surface area contributed by atoms with Crippen LogP contribution in [-0.2, 0) is 9.59 Å². The van der Waals surface area contributed by atoms with Crippen LogP contribution in [0.5, 0.6) is 0 Å². The number of hydrogen-bond donors (Lipinski definition) is 2. The Kier molecular flexibility index (Phi) is 6.09. The van der Waals surface area contributed by atoms with Gasteiger partial charge in [0.2, 0.25) is 5.91 Å².